The summed E-state index contributed by atoms with van der Waals surface area (Å²) < 4.78 is 1.71. The minimum absolute atomic E-state index is 0. The largest absolute Gasteiger partial charge is 0.367 e. The Hall–Kier alpha value is -2.18. The van der Waals surface area contributed by atoms with Crippen molar-refractivity contribution in [1.82, 2.24) is 34.9 Å². The fourth-order valence-corrected chi connectivity index (χ4v) is 2.86. The highest BCUT2D eigenvalue weighted by atomic mass is 127. The fourth-order valence-electron chi connectivity index (χ4n) is 2.86. The number of aryl methyl sites for hydroxylation is 1. The maximum atomic E-state index is 12.3. The first-order valence-electron chi connectivity index (χ1n) is 9.65. The van der Waals surface area contributed by atoms with Crippen molar-refractivity contribution in [2.45, 2.75) is 20.8 Å². The van der Waals surface area contributed by atoms with E-state index < -0.39 is 0 Å². The van der Waals surface area contributed by atoms with Crippen LogP contribution in [0.4, 0.5) is 5.82 Å². The minimum Gasteiger partial charge on any atom is -0.367 e. The van der Waals surface area contributed by atoms with E-state index in [9.17, 15) is 4.79 Å². The van der Waals surface area contributed by atoms with Gasteiger partial charge in [-0.05, 0) is 20.8 Å². The van der Waals surface area contributed by atoms with Gasteiger partial charge in [0.25, 0.3) is 0 Å². The van der Waals surface area contributed by atoms with E-state index >= 15 is 0 Å². The molecule has 11 heteroatoms. The third-order valence-electron chi connectivity index (χ3n) is 4.38. The lowest BCUT2D eigenvalue weighted by Gasteiger charge is -2.25. The van der Waals surface area contributed by atoms with E-state index in [1.54, 1.807) is 10.9 Å². The molecule has 0 saturated carbocycles. The average molecular weight is 517 g/mol. The molecule has 0 atom stereocenters. The van der Waals surface area contributed by atoms with Crippen molar-refractivity contribution in [1.29, 1.82) is 0 Å². The number of amides is 1. The Bertz CT molecular complexity index is 804. The molecule has 0 bridgehead atoms. The quantitative estimate of drug-likeness (QED) is 0.223. The number of hydrogen-bond acceptors (Lipinski definition) is 6. The molecule has 162 valence electrons. The highest BCUT2D eigenvalue weighted by Crippen LogP contribution is 2.17. The van der Waals surface area contributed by atoms with Crippen molar-refractivity contribution in [2.75, 3.05) is 51.6 Å². The van der Waals surface area contributed by atoms with Crippen LogP contribution in [-0.4, -0.2) is 87.7 Å². The first kappa shape index (κ1) is 24.9. The van der Waals surface area contributed by atoms with E-state index in [2.05, 4.69) is 30.7 Å². The van der Waals surface area contributed by atoms with Gasteiger partial charge in [-0.25, -0.2) is 9.97 Å². The zero-order valence-electron chi connectivity index (χ0n) is 17.8. The minimum atomic E-state index is 0. The maximum absolute atomic E-state index is 12.3. The molecule has 29 heavy (non-hydrogen) atoms. The number of aliphatic imine (C=N–C) groups is 1. The van der Waals surface area contributed by atoms with Crippen LogP contribution in [0.15, 0.2) is 17.5 Å². The molecule has 0 aliphatic rings. The van der Waals surface area contributed by atoms with Crippen LogP contribution in [0.3, 0.4) is 0 Å². The predicted molar refractivity (Wildman–Crippen MR) is 127 cm³/mol. The van der Waals surface area contributed by atoms with Gasteiger partial charge in [-0.2, -0.15) is 5.10 Å². The number of rotatable bonds is 9. The molecule has 0 unspecified atom stereocenters. The van der Waals surface area contributed by atoms with Gasteiger partial charge in [0, 0.05) is 40.3 Å². The van der Waals surface area contributed by atoms with E-state index in [4.69, 9.17) is 0 Å². The Labute approximate surface area is 189 Å². The van der Waals surface area contributed by atoms with Crippen LogP contribution in [0.25, 0.3) is 11.0 Å². The Morgan fingerprint density at radius 3 is 2.62 bits per heavy atom. The third-order valence-corrected chi connectivity index (χ3v) is 4.38. The number of anilines is 1. The summed E-state index contributed by atoms with van der Waals surface area (Å²) in [5, 5.41) is 11.6. The van der Waals surface area contributed by atoms with Gasteiger partial charge in [0.05, 0.1) is 24.7 Å². The summed E-state index contributed by atoms with van der Waals surface area (Å²) in [6.45, 7) is 9.57. The summed E-state index contributed by atoms with van der Waals surface area (Å²) >= 11 is 0. The summed E-state index contributed by atoms with van der Waals surface area (Å²) in [5.41, 5.74) is 0.781. The average Bonchev–Trinajstić information content (AvgIpc) is 3.07. The Morgan fingerprint density at radius 2 is 1.97 bits per heavy atom. The second-order valence-corrected chi connectivity index (χ2v) is 6.31. The summed E-state index contributed by atoms with van der Waals surface area (Å²) in [6, 6.07) is 0. The van der Waals surface area contributed by atoms with E-state index in [0.717, 1.165) is 23.4 Å². The third kappa shape index (κ3) is 6.68. The van der Waals surface area contributed by atoms with Crippen molar-refractivity contribution >= 4 is 52.7 Å². The number of carbonyl (C=O) groups excluding carboxylic acids is 1. The molecular weight excluding hydrogens is 485 g/mol. The molecule has 2 rings (SSSR count). The SMILES string of the molecule is CCNC(=NCCNc1ncnc2c1cnn2C)N(C)CC(=O)N(CC)CC.I. The smallest absolute Gasteiger partial charge is 0.242 e. The van der Waals surface area contributed by atoms with Gasteiger partial charge in [0.15, 0.2) is 11.6 Å². The van der Waals surface area contributed by atoms with Crippen LogP contribution in [-0.2, 0) is 11.8 Å². The van der Waals surface area contributed by atoms with Crippen molar-refractivity contribution in [3.05, 3.63) is 12.5 Å². The van der Waals surface area contributed by atoms with Crippen LogP contribution in [0.1, 0.15) is 20.8 Å². The van der Waals surface area contributed by atoms with E-state index in [0.29, 0.717) is 38.7 Å². The molecule has 0 aromatic carbocycles. The van der Waals surface area contributed by atoms with E-state index in [-0.39, 0.29) is 29.9 Å². The standard InChI is InChI=1S/C18H31N9O.HI/c1-6-19-18(25(4)12-15(28)27(7-2)8-3)21-10-9-20-16-14-11-24-26(5)17(14)23-13-22-16;/h11,13H,6-10,12H2,1-5H3,(H,19,21)(H,20,22,23);1H. The lowest BCUT2D eigenvalue weighted by molar-refractivity contribution is -0.131. The van der Waals surface area contributed by atoms with E-state index in [1.165, 1.54) is 6.33 Å². The fraction of sp³-hybridized carbons (Fsp3) is 0.611. The second kappa shape index (κ2) is 12.4. The first-order chi connectivity index (χ1) is 13.5. The van der Waals surface area contributed by atoms with Crippen LogP contribution in [0.5, 0.6) is 0 Å². The molecule has 0 spiro atoms. The Kier molecular flexibility index (Phi) is 10.6. The van der Waals surface area contributed by atoms with Crippen molar-refractivity contribution in [3.63, 3.8) is 0 Å². The van der Waals surface area contributed by atoms with Gasteiger partial charge in [-0.3, -0.25) is 14.5 Å². The number of carbonyl (C=O) groups is 1. The molecular formula is C18H32IN9O. The van der Waals surface area contributed by atoms with Crippen LogP contribution in [0, 0.1) is 0 Å². The molecule has 0 aliphatic heterocycles. The number of nitrogens with zero attached hydrogens (tertiary/aromatic N) is 7. The normalized spacial score (nSPS) is 11.1. The molecule has 10 nitrogen and oxygen atoms in total. The maximum Gasteiger partial charge on any atom is 0.242 e. The monoisotopic (exact) mass is 517 g/mol. The highest BCUT2D eigenvalue weighted by Gasteiger charge is 2.15. The molecule has 0 fully saturated rings. The van der Waals surface area contributed by atoms with Gasteiger partial charge < -0.3 is 20.4 Å². The van der Waals surface area contributed by atoms with Crippen molar-refractivity contribution in [3.8, 4) is 0 Å². The van der Waals surface area contributed by atoms with Crippen LogP contribution >= 0.6 is 24.0 Å². The second-order valence-electron chi connectivity index (χ2n) is 6.31. The lowest BCUT2D eigenvalue weighted by Crippen LogP contribution is -2.45. The molecule has 1 amide bonds. The predicted octanol–water partition coefficient (Wildman–Crippen LogP) is 1.16. The highest BCUT2D eigenvalue weighted by molar-refractivity contribution is 14.0. The van der Waals surface area contributed by atoms with Gasteiger partial charge in [0.2, 0.25) is 5.91 Å². The number of likely N-dealkylation sites (N-methyl/N-ethyl adjacent to an activating group) is 2. The number of hydrogen-bond donors (Lipinski definition) is 2. The van der Waals surface area contributed by atoms with Gasteiger partial charge in [-0.1, -0.05) is 0 Å². The molecule has 0 saturated heterocycles. The van der Waals surface area contributed by atoms with Crippen LogP contribution in [0.2, 0.25) is 0 Å². The molecule has 2 aromatic rings. The van der Waals surface area contributed by atoms with Gasteiger partial charge in [0.1, 0.15) is 12.1 Å². The molecule has 2 heterocycles. The molecule has 0 radical (unpaired) electrons. The van der Waals surface area contributed by atoms with E-state index in [1.807, 2.05) is 44.7 Å². The van der Waals surface area contributed by atoms with Crippen molar-refractivity contribution < 1.29 is 4.79 Å². The number of fused-ring (bicyclic) bond motifs is 1. The Morgan fingerprint density at radius 1 is 1.24 bits per heavy atom. The number of guanidine groups is 1. The zero-order chi connectivity index (χ0) is 20.5. The Balaban J connectivity index is 0.00000420. The molecule has 2 aromatic heterocycles. The lowest BCUT2D eigenvalue weighted by atomic mass is 10.4. The number of nitrogens with one attached hydrogen (secondary N) is 2. The van der Waals surface area contributed by atoms with Crippen LogP contribution < -0.4 is 10.6 Å². The molecule has 2 N–H and O–H groups in total. The van der Waals surface area contributed by atoms with Gasteiger partial charge >= 0.3 is 0 Å². The number of aromatic nitrogens is 4. The number of halogens is 1. The summed E-state index contributed by atoms with van der Waals surface area (Å²) in [4.78, 5) is 29.1. The summed E-state index contributed by atoms with van der Waals surface area (Å²) in [5.74, 6) is 1.54. The van der Waals surface area contributed by atoms with Crippen molar-refractivity contribution in [2.24, 2.45) is 12.0 Å². The topological polar surface area (TPSA) is 104 Å². The summed E-state index contributed by atoms with van der Waals surface area (Å²) in [6.07, 6.45) is 3.27. The summed E-state index contributed by atoms with van der Waals surface area (Å²) in [7, 11) is 3.72. The van der Waals surface area contributed by atoms with Gasteiger partial charge in [-0.15, -0.1) is 24.0 Å². The molecule has 0 aliphatic carbocycles. The zero-order valence-corrected chi connectivity index (χ0v) is 20.2. The first-order valence-corrected chi connectivity index (χ1v) is 9.65.